The Hall–Kier alpha value is -1.66. The smallest absolute Gasteiger partial charge is 0.269 e. The van der Waals surface area contributed by atoms with Crippen molar-refractivity contribution in [1.82, 2.24) is 0 Å². The van der Waals surface area contributed by atoms with Gasteiger partial charge in [0.15, 0.2) is 0 Å². The van der Waals surface area contributed by atoms with Crippen molar-refractivity contribution >= 4 is 22.5 Å². The van der Waals surface area contributed by atoms with E-state index >= 15 is 0 Å². The van der Waals surface area contributed by atoms with E-state index in [1.807, 2.05) is 0 Å². The highest BCUT2D eigenvalue weighted by Gasteiger charge is 2.11. The molecule has 0 amide bonds. The Kier molecular flexibility index (Phi) is 4.86. The topological polar surface area (TPSA) is 93.0 Å². The fourth-order valence-corrected chi connectivity index (χ4v) is 1.72. The third-order valence-electron chi connectivity index (χ3n) is 2.15. The second kappa shape index (κ2) is 6.17. The average molecular weight is 251 g/mol. The number of nitro benzene ring substituents is 1. The van der Waals surface area contributed by atoms with Crippen molar-refractivity contribution in [2.24, 2.45) is 5.73 Å². The predicted octanol–water partition coefficient (Wildman–Crippen LogP) is 2.32. The summed E-state index contributed by atoms with van der Waals surface area (Å²) in [6.07, 6.45) is 0.484. The number of thioether (sulfide) groups is 1. The fraction of sp³-hybridized carbons (Fsp3) is 0.182. The third-order valence-corrected chi connectivity index (χ3v) is 2.87. The van der Waals surface area contributed by atoms with Crippen LogP contribution in [0.15, 0.2) is 36.3 Å². The minimum Gasteiger partial charge on any atom is -0.322 e. The first-order valence-corrected chi connectivity index (χ1v) is 5.77. The van der Waals surface area contributed by atoms with Crippen LogP contribution in [0.3, 0.4) is 0 Å². The van der Waals surface area contributed by atoms with E-state index in [0.29, 0.717) is 11.5 Å². The first-order chi connectivity index (χ1) is 8.04. The molecule has 0 saturated carbocycles. The lowest BCUT2D eigenvalue weighted by Crippen LogP contribution is -2.29. The lowest BCUT2D eigenvalue weighted by atomic mass is 10.1. The van der Waals surface area contributed by atoms with Crippen LogP contribution in [0.25, 0.3) is 0 Å². The molecule has 0 fully saturated rings. The number of non-ortho nitro benzene ring substituents is 1. The molecule has 0 radical (unpaired) electrons. The quantitative estimate of drug-likeness (QED) is 0.363. The molecule has 3 N–H and O–H groups in total. The minimum atomic E-state index is -0.445. The number of nitrogens with two attached hydrogens (primary N) is 1. The first-order valence-electron chi connectivity index (χ1n) is 4.89. The van der Waals surface area contributed by atoms with Gasteiger partial charge >= 0.3 is 0 Å². The van der Waals surface area contributed by atoms with Gasteiger partial charge in [0, 0.05) is 12.1 Å². The summed E-state index contributed by atoms with van der Waals surface area (Å²) in [6.45, 7) is 3.51. The van der Waals surface area contributed by atoms with Gasteiger partial charge in [0.2, 0.25) is 0 Å². The zero-order valence-electron chi connectivity index (χ0n) is 9.13. The van der Waals surface area contributed by atoms with Gasteiger partial charge in [0.05, 0.1) is 16.0 Å². The molecule has 90 valence electrons. The SMILES string of the molecule is C=CSC(=N)[C@@H](N)Cc1ccc([N+](=O)[O-])cc1. The lowest BCUT2D eigenvalue weighted by Gasteiger charge is -2.10. The molecule has 1 aromatic carbocycles. The van der Waals surface area contributed by atoms with Crippen molar-refractivity contribution in [3.63, 3.8) is 0 Å². The summed E-state index contributed by atoms with van der Waals surface area (Å²) in [6, 6.07) is 5.78. The third kappa shape index (κ3) is 4.01. The van der Waals surface area contributed by atoms with E-state index in [2.05, 4.69) is 6.58 Å². The fourth-order valence-electron chi connectivity index (χ4n) is 1.28. The molecule has 1 rings (SSSR count). The number of nitrogens with one attached hydrogen (secondary N) is 1. The second-order valence-corrected chi connectivity index (χ2v) is 4.39. The Balaban J connectivity index is 2.66. The van der Waals surface area contributed by atoms with E-state index in [0.717, 1.165) is 5.56 Å². The molecule has 0 spiro atoms. The highest BCUT2D eigenvalue weighted by molar-refractivity contribution is 8.16. The molecule has 0 aliphatic rings. The van der Waals surface area contributed by atoms with E-state index in [4.69, 9.17) is 11.1 Å². The van der Waals surface area contributed by atoms with Crippen molar-refractivity contribution in [2.45, 2.75) is 12.5 Å². The summed E-state index contributed by atoms with van der Waals surface area (Å²) in [7, 11) is 0. The van der Waals surface area contributed by atoms with Gasteiger partial charge in [-0.2, -0.15) is 0 Å². The summed E-state index contributed by atoms with van der Waals surface area (Å²) in [5, 5.41) is 20.0. The van der Waals surface area contributed by atoms with Gasteiger partial charge in [-0.3, -0.25) is 15.5 Å². The molecule has 17 heavy (non-hydrogen) atoms. The largest absolute Gasteiger partial charge is 0.322 e. The maximum absolute atomic E-state index is 10.5. The standard InChI is InChI=1S/C11H13N3O2S/c1-2-17-11(13)10(12)7-8-3-5-9(6-4-8)14(15)16/h2-6,10,13H,1,7,12H2/t10-/m0/s1. The number of hydrogen-bond acceptors (Lipinski definition) is 5. The highest BCUT2D eigenvalue weighted by Crippen LogP contribution is 2.14. The molecule has 0 aliphatic carbocycles. The molecule has 1 aromatic rings. The van der Waals surface area contributed by atoms with E-state index in [1.165, 1.54) is 23.9 Å². The van der Waals surface area contributed by atoms with Crippen LogP contribution in [0.5, 0.6) is 0 Å². The number of rotatable bonds is 5. The Morgan fingerprint density at radius 1 is 1.59 bits per heavy atom. The molecular formula is C11H13N3O2S. The Morgan fingerprint density at radius 3 is 2.65 bits per heavy atom. The molecular weight excluding hydrogens is 238 g/mol. The van der Waals surface area contributed by atoms with Gasteiger partial charge in [-0.25, -0.2) is 0 Å². The van der Waals surface area contributed by atoms with E-state index in [-0.39, 0.29) is 5.69 Å². The van der Waals surface area contributed by atoms with Gasteiger partial charge in [0.25, 0.3) is 5.69 Å². The predicted molar refractivity (Wildman–Crippen MR) is 70.3 cm³/mol. The maximum Gasteiger partial charge on any atom is 0.269 e. The van der Waals surface area contributed by atoms with Gasteiger partial charge in [-0.1, -0.05) is 30.5 Å². The molecule has 0 aromatic heterocycles. The normalized spacial score (nSPS) is 11.8. The zero-order valence-corrected chi connectivity index (χ0v) is 9.94. The summed E-state index contributed by atoms with van der Waals surface area (Å²) < 4.78 is 0. The van der Waals surface area contributed by atoms with Crippen LogP contribution < -0.4 is 5.73 Å². The van der Waals surface area contributed by atoms with Crippen LogP contribution in [0.2, 0.25) is 0 Å². The second-order valence-electron chi connectivity index (χ2n) is 3.38. The van der Waals surface area contributed by atoms with Crippen molar-refractivity contribution in [3.05, 3.63) is 51.9 Å². The van der Waals surface area contributed by atoms with E-state index in [9.17, 15) is 10.1 Å². The van der Waals surface area contributed by atoms with E-state index in [1.54, 1.807) is 17.5 Å². The van der Waals surface area contributed by atoms with Crippen LogP contribution in [-0.2, 0) is 6.42 Å². The number of nitrogens with zero attached hydrogens (tertiary/aromatic N) is 1. The first kappa shape index (κ1) is 13.4. The Morgan fingerprint density at radius 2 is 2.18 bits per heavy atom. The number of hydrogen-bond donors (Lipinski definition) is 2. The molecule has 0 aliphatic heterocycles. The molecule has 0 unspecified atom stereocenters. The van der Waals surface area contributed by atoms with Crippen LogP contribution in [0.1, 0.15) is 5.56 Å². The summed E-state index contributed by atoms with van der Waals surface area (Å²) >= 11 is 1.18. The zero-order chi connectivity index (χ0) is 12.8. The molecule has 6 heteroatoms. The lowest BCUT2D eigenvalue weighted by molar-refractivity contribution is -0.384. The number of nitro groups is 1. The Bertz CT molecular complexity index is 431. The van der Waals surface area contributed by atoms with Gasteiger partial charge < -0.3 is 5.73 Å². The van der Waals surface area contributed by atoms with E-state index < -0.39 is 11.0 Å². The van der Waals surface area contributed by atoms with Gasteiger partial charge in [-0.05, 0) is 17.4 Å². The Labute approximate surface area is 103 Å². The average Bonchev–Trinajstić information content (AvgIpc) is 2.30. The van der Waals surface area contributed by atoms with Crippen LogP contribution in [0.4, 0.5) is 5.69 Å². The highest BCUT2D eigenvalue weighted by atomic mass is 32.2. The summed E-state index contributed by atoms with van der Waals surface area (Å²) in [5.41, 5.74) is 6.73. The van der Waals surface area contributed by atoms with Crippen molar-refractivity contribution in [3.8, 4) is 0 Å². The van der Waals surface area contributed by atoms with Crippen molar-refractivity contribution in [1.29, 1.82) is 5.41 Å². The molecule has 1 atom stereocenters. The van der Waals surface area contributed by atoms with Crippen LogP contribution >= 0.6 is 11.8 Å². The molecule has 0 saturated heterocycles. The summed E-state index contributed by atoms with van der Waals surface area (Å²) in [4.78, 5) is 10.0. The summed E-state index contributed by atoms with van der Waals surface area (Å²) in [5.74, 6) is 0. The van der Waals surface area contributed by atoms with Crippen LogP contribution in [-0.4, -0.2) is 16.0 Å². The maximum atomic E-state index is 10.5. The monoisotopic (exact) mass is 251 g/mol. The van der Waals surface area contributed by atoms with Crippen LogP contribution in [0, 0.1) is 15.5 Å². The van der Waals surface area contributed by atoms with Crippen molar-refractivity contribution in [2.75, 3.05) is 0 Å². The van der Waals surface area contributed by atoms with Gasteiger partial charge in [-0.15, -0.1) is 0 Å². The number of benzene rings is 1. The molecule has 0 heterocycles. The molecule has 0 bridgehead atoms. The van der Waals surface area contributed by atoms with Gasteiger partial charge in [0.1, 0.15) is 0 Å². The molecule has 5 nitrogen and oxygen atoms in total. The van der Waals surface area contributed by atoms with Crippen molar-refractivity contribution < 1.29 is 4.92 Å². The minimum absolute atomic E-state index is 0.0536.